The van der Waals surface area contributed by atoms with E-state index in [9.17, 15) is 4.79 Å². The molecule has 1 amide bonds. The monoisotopic (exact) mass is 278 g/mol. The smallest absolute Gasteiger partial charge is 0.220 e. The molecule has 0 bridgehead atoms. The fraction of sp³-hybridized carbons (Fsp3) is 0.923. The third-order valence-corrected chi connectivity index (χ3v) is 3.53. The van der Waals surface area contributed by atoms with Crippen molar-refractivity contribution in [2.45, 2.75) is 39.0 Å². The maximum atomic E-state index is 11.6. The van der Waals surface area contributed by atoms with Crippen LogP contribution in [-0.4, -0.2) is 39.3 Å². The summed E-state index contributed by atoms with van der Waals surface area (Å²) < 4.78 is 4.96. The van der Waals surface area contributed by atoms with E-state index < -0.39 is 0 Å². The normalized spacial score (nSPS) is 17.9. The average molecular weight is 279 g/mol. The third-order valence-electron chi connectivity index (χ3n) is 3.53. The van der Waals surface area contributed by atoms with Crippen LogP contribution in [0.15, 0.2) is 0 Å². The zero-order chi connectivity index (χ0) is 12.6. The van der Waals surface area contributed by atoms with Gasteiger partial charge in [-0.1, -0.05) is 6.92 Å². The van der Waals surface area contributed by atoms with Gasteiger partial charge in [-0.05, 0) is 44.2 Å². The number of ether oxygens (including phenoxy) is 1. The molecule has 0 aromatic carbocycles. The van der Waals surface area contributed by atoms with Crippen LogP contribution in [0.1, 0.15) is 39.0 Å². The van der Waals surface area contributed by atoms with Crippen molar-refractivity contribution in [3.05, 3.63) is 0 Å². The molecule has 1 rings (SSSR count). The van der Waals surface area contributed by atoms with Crippen LogP contribution in [0.25, 0.3) is 0 Å². The molecule has 4 nitrogen and oxygen atoms in total. The summed E-state index contributed by atoms with van der Waals surface area (Å²) >= 11 is 0. The highest BCUT2D eigenvalue weighted by molar-refractivity contribution is 5.85. The zero-order valence-corrected chi connectivity index (χ0v) is 12.4. The van der Waals surface area contributed by atoms with Gasteiger partial charge in [0, 0.05) is 26.7 Å². The Hall–Kier alpha value is -0.320. The summed E-state index contributed by atoms with van der Waals surface area (Å²) in [6, 6.07) is 0. The van der Waals surface area contributed by atoms with Crippen molar-refractivity contribution >= 4 is 18.3 Å². The Morgan fingerprint density at radius 2 is 2.00 bits per heavy atom. The van der Waals surface area contributed by atoms with Gasteiger partial charge < -0.3 is 15.4 Å². The molecule has 0 saturated carbocycles. The lowest BCUT2D eigenvalue weighted by Gasteiger charge is -2.34. The summed E-state index contributed by atoms with van der Waals surface area (Å²) in [4.78, 5) is 11.6. The average Bonchev–Trinajstić information content (AvgIpc) is 2.33. The molecule has 1 heterocycles. The van der Waals surface area contributed by atoms with Crippen LogP contribution in [0.4, 0.5) is 0 Å². The minimum Gasteiger partial charge on any atom is -0.385 e. The molecule has 1 saturated heterocycles. The minimum absolute atomic E-state index is 0. The maximum Gasteiger partial charge on any atom is 0.220 e. The number of amides is 1. The molecule has 1 fully saturated rings. The molecule has 0 spiro atoms. The molecule has 0 aromatic heterocycles. The summed E-state index contributed by atoms with van der Waals surface area (Å²) in [5.74, 6) is 0.181. The fourth-order valence-electron chi connectivity index (χ4n) is 2.14. The molecule has 2 N–H and O–H groups in total. The van der Waals surface area contributed by atoms with Crippen LogP contribution in [-0.2, 0) is 9.53 Å². The molecule has 0 atom stereocenters. The molecular formula is C13H27ClN2O2. The predicted octanol–water partition coefficient (Wildman–Crippen LogP) is 1.73. The quantitative estimate of drug-likeness (QED) is 0.698. The number of hydrogen-bond acceptors (Lipinski definition) is 3. The molecule has 108 valence electrons. The van der Waals surface area contributed by atoms with Crippen molar-refractivity contribution in [2.24, 2.45) is 5.41 Å². The van der Waals surface area contributed by atoms with Crippen LogP contribution in [0.5, 0.6) is 0 Å². The first-order valence-corrected chi connectivity index (χ1v) is 6.63. The van der Waals surface area contributed by atoms with Gasteiger partial charge in [0.1, 0.15) is 0 Å². The molecule has 1 aliphatic rings. The standard InChI is InChI=1S/C13H26N2O2.ClH/c1-13(6-8-14-9-7-13)11-15-12(16)5-3-4-10-17-2;/h14H,3-11H2,1-2H3,(H,15,16);1H. The number of hydrogen-bond donors (Lipinski definition) is 2. The molecule has 18 heavy (non-hydrogen) atoms. The van der Waals surface area contributed by atoms with E-state index in [1.165, 1.54) is 0 Å². The Balaban J connectivity index is 0.00000289. The van der Waals surface area contributed by atoms with Crippen molar-refractivity contribution in [3.8, 4) is 0 Å². The van der Waals surface area contributed by atoms with E-state index in [0.29, 0.717) is 6.42 Å². The number of nitrogens with one attached hydrogen (secondary N) is 2. The van der Waals surface area contributed by atoms with Crippen molar-refractivity contribution in [1.82, 2.24) is 10.6 Å². The Kier molecular flexibility index (Phi) is 9.42. The van der Waals surface area contributed by atoms with Gasteiger partial charge in [-0.25, -0.2) is 0 Å². The van der Waals surface area contributed by atoms with E-state index in [1.54, 1.807) is 7.11 Å². The molecule has 0 unspecified atom stereocenters. The molecule has 0 radical (unpaired) electrons. The van der Waals surface area contributed by atoms with Crippen molar-refractivity contribution in [2.75, 3.05) is 33.4 Å². The van der Waals surface area contributed by atoms with Crippen molar-refractivity contribution < 1.29 is 9.53 Å². The van der Waals surface area contributed by atoms with E-state index in [4.69, 9.17) is 4.74 Å². The highest BCUT2D eigenvalue weighted by Crippen LogP contribution is 2.26. The molecule has 0 aliphatic carbocycles. The number of piperidine rings is 1. The highest BCUT2D eigenvalue weighted by atomic mass is 35.5. The van der Waals surface area contributed by atoms with Crippen LogP contribution in [0.3, 0.4) is 0 Å². The lowest BCUT2D eigenvalue weighted by Crippen LogP contribution is -2.42. The fourth-order valence-corrected chi connectivity index (χ4v) is 2.14. The van der Waals surface area contributed by atoms with Crippen molar-refractivity contribution in [1.29, 1.82) is 0 Å². The van der Waals surface area contributed by atoms with Crippen LogP contribution >= 0.6 is 12.4 Å². The summed E-state index contributed by atoms with van der Waals surface area (Å²) in [5, 5.41) is 6.41. The summed E-state index contributed by atoms with van der Waals surface area (Å²) in [5.41, 5.74) is 0.285. The van der Waals surface area contributed by atoms with E-state index >= 15 is 0 Å². The largest absolute Gasteiger partial charge is 0.385 e. The van der Waals surface area contributed by atoms with Gasteiger partial charge in [-0.2, -0.15) is 0 Å². The SMILES string of the molecule is COCCCCC(=O)NCC1(C)CCNCC1.Cl. The van der Waals surface area contributed by atoms with Gasteiger partial charge in [0.05, 0.1) is 0 Å². The Labute approximate surface area is 117 Å². The lowest BCUT2D eigenvalue weighted by molar-refractivity contribution is -0.121. The van der Waals surface area contributed by atoms with Crippen LogP contribution in [0, 0.1) is 5.41 Å². The summed E-state index contributed by atoms with van der Waals surface area (Å²) in [6.07, 6.45) is 4.80. The third kappa shape index (κ3) is 7.19. The molecular weight excluding hydrogens is 252 g/mol. The predicted molar refractivity (Wildman–Crippen MR) is 76.2 cm³/mol. The first-order chi connectivity index (χ1) is 8.16. The minimum atomic E-state index is 0. The Morgan fingerprint density at radius 3 is 2.61 bits per heavy atom. The van der Waals surface area contributed by atoms with Crippen molar-refractivity contribution in [3.63, 3.8) is 0 Å². The Morgan fingerprint density at radius 1 is 1.33 bits per heavy atom. The van der Waals surface area contributed by atoms with E-state index in [-0.39, 0.29) is 23.7 Å². The van der Waals surface area contributed by atoms with Gasteiger partial charge in [-0.3, -0.25) is 4.79 Å². The number of carbonyl (C=O) groups excluding carboxylic acids is 1. The molecule has 5 heteroatoms. The molecule has 1 aliphatic heterocycles. The zero-order valence-electron chi connectivity index (χ0n) is 11.6. The van der Waals surface area contributed by atoms with Gasteiger partial charge in [0.15, 0.2) is 0 Å². The first-order valence-electron chi connectivity index (χ1n) is 6.63. The highest BCUT2D eigenvalue weighted by Gasteiger charge is 2.26. The van der Waals surface area contributed by atoms with Gasteiger partial charge in [0.2, 0.25) is 5.91 Å². The van der Waals surface area contributed by atoms with Crippen LogP contribution in [0.2, 0.25) is 0 Å². The second-order valence-electron chi connectivity index (χ2n) is 5.29. The molecule has 0 aromatic rings. The summed E-state index contributed by atoms with van der Waals surface area (Å²) in [7, 11) is 1.69. The number of methoxy groups -OCH3 is 1. The van der Waals surface area contributed by atoms with E-state index in [0.717, 1.165) is 51.9 Å². The van der Waals surface area contributed by atoms with Gasteiger partial charge in [-0.15, -0.1) is 12.4 Å². The number of halogens is 1. The van der Waals surface area contributed by atoms with Gasteiger partial charge in [0.25, 0.3) is 0 Å². The Bertz CT molecular complexity index is 231. The summed E-state index contributed by atoms with van der Waals surface area (Å²) in [6.45, 7) is 5.97. The number of carbonyl (C=O) groups is 1. The maximum absolute atomic E-state index is 11.6. The van der Waals surface area contributed by atoms with Gasteiger partial charge >= 0.3 is 0 Å². The van der Waals surface area contributed by atoms with E-state index in [1.807, 2.05) is 0 Å². The number of rotatable bonds is 7. The van der Waals surface area contributed by atoms with E-state index in [2.05, 4.69) is 17.6 Å². The second kappa shape index (κ2) is 9.59. The first kappa shape index (κ1) is 17.7. The van der Waals surface area contributed by atoms with Crippen LogP contribution < -0.4 is 10.6 Å². The topological polar surface area (TPSA) is 50.4 Å². The second-order valence-corrected chi connectivity index (χ2v) is 5.29. The lowest BCUT2D eigenvalue weighted by atomic mass is 9.81. The number of unbranched alkanes of at least 4 members (excludes halogenated alkanes) is 1.